The number of esters is 2. The van der Waals surface area contributed by atoms with Gasteiger partial charge in [-0.2, -0.15) is 10.4 Å². The molecule has 6 atom stereocenters. The first-order valence-electron chi connectivity index (χ1n) is 15.2. The summed E-state index contributed by atoms with van der Waals surface area (Å²) in [6.07, 6.45) is -0.367. The molecule has 3 heterocycles. The van der Waals surface area contributed by atoms with Crippen LogP contribution in [0.15, 0.2) is 18.5 Å². The molecule has 2 aromatic heterocycles. The highest BCUT2D eigenvalue weighted by Crippen LogP contribution is 2.49. The Kier molecular flexibility index (Phi) is 12.3. The van der Waals surface area contributed by atoms with Gasteiger partial charge in [0, 0.05) is 5.92 Å². The van der Waals surface area contributed by atoms with E-state index in [4.69, 9.17) is 29.2 Å². The highest BCUT2D eigenvalue weighted by molar-refractivity contribution is 7.50. The topological polar surface area (TPSA) is 230 Å². The maximum atomic E-state index is 13.2. The number of anilines is 1. The number of aromatic nitrogens is 3. The van der Waals surface area contributed by atoms with Crippen LogP contribution in [0, 0.1) is 29.1 Å². The Morgan fingerprint density at radius 2 is 1.91 bits per heavy atom. The van der Waals surface area contributed by atoms with Gasteiger partial charge in [-0.1, -0.05) is 54.4 Å². The Morgan fingerprint density at radius 3 is 2.50 bits per heavy atom. The Morgan fingerprint density at radius 1 is 1.24 bits per heavy atom. The smallest absolute Gasteiger partial charge is 0.403 e. The Hall–Kier alpha value is -3.16. The van der Waals surface area contributed by atoms with Crippen LogP contribution in [-0.4, -0.2) is 80.4 Å². The molecule has 0 saturated carbocycles. The molecule has 0 amide bonds. The van der Waals surface area contributed by atoms with Crippen molar-refractivity contribution in [2.24, 2.45) is 17.8 Å². The fourth-order valence-corrected chi connectivity index (χ4v) is 5.84. The average molecular weight is 669 g/mol. The van der Waals surface area contributed by atoms with E-state index in [1.54, 1.807) is 33.8 Å². The second-order valence-electron chi connectivity index (χ2n) is 12.0. The molecule has 0 spiro atoms. The second kappa shape index (κ2) is 15.2. The molecule has 5 N–H and O–H groups in total. The molecule has 1 aliphatic rings. The van der Waals surface area contributed by atoms with Crippen molar-refractivity contribution in [3.8, 4) is 6.07 Å². The number of hydrogen-bond acceptors (Lipinski definition) is 13. The number of nitrogens with zero attached hydrogens (tertiary/aromatic N) is 4. The lowest BCUT2D eigenvalue weighted by Crippen LogP contribution is -2.56. The number of carbonyl (C=O) groups excluding carboxylic acids is 2. The minimum Gasteiger partial charge on any atom is -0.464 e. The largest absolute Gasteiger partial charge is 0.464 e. The highest BCUT2D eigenvalue weighted by Gasteiger charge is 2.66. The number of fused-ring (bicyclic) bond motifs is 1. The minimum absolute atomic E-state index is 0.111. The number of rotatable bonds is 16. The van der Waals surface area contributed by atoms with E-state index in [9.17, 15) is 29.4 Å². The molecule has 3 rings (SSSR count). The number of aliphatic hydroxyl groups is 1. The summed E-state index contributed by atoms with van der Waals surface area (Å²) >= 11 is 0. The molecule has 16 nitrogen and oxygen atoms in total. The minimum atomic E-state index is -4.79. The van der Waals surface area contributed by atoms with Crippen molar-refractivity contribution >= 4 is 31.0 Å². The van der Waals surface area contributed by atoms with Crippen molar-refractivity contribution in [2.75, 3.05) is 25.6 Å². The second-order valence-corrected chi connectivity index (χ2v) is 13.6. The third-order valence-electron chi connectivity index (χ3n) is 7.88. The molecule has 0 aromatic carbocycles. The van der Waals surface area contributed by atoms with Crippen molar-refractivity contribution in [1.82, 2.24) is 19.7 Å². The van der Waals surface area contributed by atoms with Crippen LogP contribution in [0.4, 0.5) is 5.82 Å². The van der Waals surface area contributed by atoms with E-state index < -0.39 is 74.4 Å². The van der Waals surface area contributed by atoms with Crippen LogP contribution >= 0.6 is 7.75 Å². The summed E-state index contributed by atoms with van der Waals surface area (Å²) in [5, 5.41) is 27.9. The van der Waals surface area contributed by atoms with E-state index in [2.05, 4.69) is 15.2 Å². The van der Waals surface area contributed by atoms with Gasteiger partial charge >= 0.3 is 19.7 Å². The van der Waals surface area contributed by atoms with E-state index in [1.807, 2.05) is 19.9 Å². The predicted octanol–water partition coefficient (Wildman–Crippen LogP) is 2.43. The Labute approximate surface area is 268 Å². The zero-order valence-corrected chi connectivity index (χ0v) is 28.1. The molecule has 17 heteroatoms. The van der Waals surface area contributed by atoms with Gasteiger partial charge in [-0.05, 0) is 25.0 Å². The number of carbonyl (C=O) groups is 2. The van der Waals surface area contributed by atoms with Crippen molar-refractivity contribution < 1.29 is 47.6 Å². The molecule has 0 radical (unpaired) electrons. The summed E-state index contributed by atoms with van der Waals surface area (Å²) in [6.45, 7) is 10.5. The lowest BCUT2D eigenvalue weighted by molar-refractivity contribution is -0.230. The quantitative estimate of drug-likeness (QED) is 0.114. The number of nitrogens with one attached hydrogen (secondary N) is 1. The van der Waals surface area contributed by atoms with Gasteiger partial charge in [0.15, 0.2) is 18.2 Å². The van der Waals surface area contributed by atoms with E-state index in [0.29, 0.717) is 5.52 Å². The molecule has 256 valence electrons. The SMILES string of the molecule is CCC(CC)COC(=O)[C@H](C)NP(=O)(O)OC[C@@]1(C#N)OCC(OC(=O)C(C)C)(c2ccc3c(N)ncnn23)[C@@H]1OC(O)C(C)C. The molecule has 2 aromatic rings. The first kappa shape index (κ1) is 37.3. The number of ether oxygens (including phenoxy) is 4. The summed E-state index contributed by atoms with van der Waals surface area (Å²) in [5.74, 6) is -2.35. The van der Waals surface area contributed by atoms with Crippen LogP contribution in [0.5, 0.6) is 0 Å². The van der Waals surface area contributed by atoms with Gasteiger partial charge in [-0.15, -0.1) is 0 Å². The lowest BCUT2D eigenvalue weighted by Gasteiger charge is -2.38. The lowest BCUT2D eigenvalue weighted by atomic mass is 9.85. The molecule has 46 heavy (non-hydrogen) atoms. The van der Waals surface area contributed by atoms with E-state index in [-0.39, 0.29) is 24.0 Å². The van der Waals surface area contributed by atoms with Crippen LogP contribution < -0.4 is 10.8 Å². The van der Waals surface area contributed by atoms with Gasteiger partial charge in [-0.3, -0.25) is 14.1 Å². The van der Waals surface area contributed by atoms with Gasteiger partial charge in [0.1, 0.15) is 30.6 Å². The first-order valence-corrected chi connectivity index (χ1v) is 16.8. The van der Waals surface area contributed by atoms with Crippen LogP contribution in [0.3, 0.4) is 0 Å². The number of hydrogen-bond donors (Lipinski definition) is 4. The number of nitrogens with two attached hydrogens (primary N) is 1. The molecule has 1 saturated heterocycles. The molecule has 3 unspecified atom stereocenters. The van der Waals surface area contributed by atoms with Crippen LogP contribution in [0.1, 0.15) is 67.0 Å². The summed E-state index contributed by atoms with van der Waals surface area (Å²) in [4.78, 5) is 40.4. The van der Waals surface area contributed by atoms with Crippen LogP contribution in [0.25, 0.3) is 5.52 Å². The molecular formula is C29H45N6O10P. The van der Waals surface area contributed by atoms with Crippen molar-refractivity contribution in [2.45, 2.75) is 90.9 Å². The molecule has 1 aliphatic heterocycles. The highest BCUT2D eigenvalue weighted by atomic mass is 31.2. The van der Waals surface area contributed by atoms with Crippen molar-refractivity contribution in [3.63, 3.8) is 0 Å². The predicted molar refractivity (Wildman–Crippen MR) is 163 cm³/mol. The maximum absolute atomic E-state index is 13.2. The Balaban J connectivity index is 2.01. The van der Waals surface area contributed by atoms with Crippen molar-refractivity contribution in [3.05, 3.63) is 24.2 Å². The third-order valence-corrected chi connectivity index (χ3v) is 9.07. The molecule has 1 fully saturated rings. The monoisotopic (exact) mass is 668 g/mol. The maximum Gasteiger partial charge on any atom is 0.403 e. The molecule has 0 aliphatic carbocycles. The van der Waals surface area contributed by atoms with Gasteiger partial charge in [0.2, 0.25) is 11.2 Å². The van der Waals surface area contributed by atoms with Crippen molar-refractivity contribution in [1.29, 1.82) is 5.26 Å². The summed E-state index contributed by atoms with van der Waals surface area (Å²) in [5.41, 5.74) is 2.39. The Bertz CT molecular complexity index is 1460. The fourth-order valence-electron chi connectivity index (χ4n) is 4.80. The summed E-state index contributed by atoms with van der Waals surface area (Å²) in [7, 11) is -4.79. The van der Waals surface area contributed by atoms with Gasteiger partial charge < -0.3 is 34.7 Å². The fraction of sp³-hybridized carbons (Fsp3) is 0.690. The van der Waals surface area contributed by atoms with E-state index in [0.717, 1.165) is 12.8 Å². The summed E-state index contributed by atoms with van der Waals surface area (Å²) < 4.78 is 43.2. The standard InChI is InChI=1S/C29H45N6O10P/c1-8-20(9-2)12-41-26(38)19(7)34-46(39,40)43-14-28(13-30)27(44-24(36)17(3)4)29(15-42-28,45-25(37)18(5)6)22-11-10-21-23(31)32-16-33-35(21)22/h10-11,16-20,24,27,36H,8-9,12,14-15H2,1-7H3,(H2,31,32,33)(H2,34,39,40)/t19-,24?,27+,28+,29?/m0/s1. The third kappa shape index (κ3) is 8.03. The summed E-state index contributed by atoms with van der Waals surface area (Å²) in [6, 6.07) is 3.82. The zero-order valence-electron chi connectivity index (χ0n) is 27.2. The van der Waals surface area contributed by atoms with Gasteiger partial charge in [-0.25, -0.2) is 19.2 Å². The zero-order chi connectivity index (χ0) is 34.4. The van der Waals surface area contributed by atoms with Gasteiger partial charge in [0.25, 0.3) is 0 Å². The van der Waals surface area contributed by atoms with E-state index >= 15 is 0 Å². The first-order chi connectivity index (χ1) is 21.6. The van der Waals surface area contributed by atoms with Crippen LogP contribution in [-0.2, 0) is 43.2 Å². The number of aliphatic hydroxyl groups excluding tert-OH is 1. The average Bonchev–Trinajstić information content (AvgIpc) is 3.57. The normalized spacial score (nSPS) is 24.2. The number of nitrogen functional groups attached to an aromatic ring is 1. The van der Waals surface area contributed by atoms with E-state index in [1.165, 1.54) is 23.8 Å². The molecule has 0 bridgehead atoms. The molecular weight excluding hydrogens is 623 g/mol. The van der Waals surface area contributed by atoms with Gasteiger partial charge in [0.05, 0.1) is 24.8 Å². The van der Waals surface area contributed by atoms with Crippen LogP contribution in [0.2, 0.25) is 0 Å². The number of nitriles is 1.